The van der Waals surface area contributed by atoms with Gasteiger partial charge in [-0.15, -0.1) is 5.10 Å². The number of carbonyl (C=O) groups is 1. The number of aromatic nitrogens is 3. The molecule has 0 radical (unpaired) electrons. The second kappa shape index (κ2) is 5.66. The molecule has 8 heteroatoms. The third kappa shape index (κ3) is 3.41. The van der Waals surface area contributed by atoms with Crippen LogP contribution < -0.4 is 4.74 Å². The molecule has 0 bridgehead atoms. The first kappa shape index (κ1) is 13.3. The van der Waals surface area contributed by atoms with Gasteiger partial charge < -0.3 is 9.84 Å². The number of rotatable bonds is 5. The molecular formula is C11H9ClFN3O3. The molecule has 2 aromatic rings. The molecule has 1 heterocycles. The maximum Gasteiger partial charge on any atom is 0.358 e. The highest BCUT2D eigenvalue weighted by Crippen LogP contribution is 2.20. The van der Waals surface area contributed by atoms with Gasteiger partial charge in [-0.2, -0.15) is 0 Å². The Morgan fingerprint density at radius 1 is 1.53 bits per heavy atom. The van der Waals surface area contributed by atoms with Crippen molar-refractivity contribution in [1.29, 1.82) is 0 Å². The van der Waals surface area contributed by atoms with Crippen LogP contribution in [0.4, 0.5) is 4.39 Å². The van der Waals surface area contributed by atoms with Crippen molar-refractivity contribution in [2.24, 2.45) is 0 Å². The monoisotopic (exact) mass is 285 g/mol. The van der Waals surface area contributed by atoms with Crippen molar-refractivity contribution in [3.05, 3.63) is 40.9 Å². The van der Waals surface area contributed by atoms with E-state index in [1.54, 1.807) is 0 Å². The minimum absolute atomic E-state index is 0.0229. The van der Waals surface area contributed by atoms with Crippen LogP contribution in [-0.2, 0) is 6.54 Å². The van der Waals surface area contributed by atoms with Crippen molar-refractivity contribution in [2.45, 2.75) is 6.54 Å². The van der Waals surface area contributed by atoms with E-state index in [9.17, 15) is 9.18 Å². The lowest BCUT2D eigenvalue weighted by Crippen LogP contribution is -2.09. The average Bonchev–Trinajstić information content (AvgIpc) is 2.83. The van der Waals surface area contributed by atoms with E-state index >= 15 is 0 Å². The summed E-state index contributed by atoms with van der Waals surface area (Å²) in [7, 11) is 0. The number of ether oxygens (including phenoxy) is 1. The molecule has 0 atom stereocenters. The van der Waals surface area contributed by atoms with Gasteiger partial charge in [0.25, 0.3) is 0 Å². The van der Waals surface area contributed by atoms with Crippen molar-refractivity contribution >= 4 is 17.6 Å². The van der Waals surface area contributed by atoms with Gasteiger partial charge in [-0.25, -0.2) is 13.9 Å². The molecule has 0 spiro atoms. The molecule has 0 unspecified atom stereocenters. The molecular weight excluding hydrogens is 277 g/mol. The quantitative estimate of drug-likeness (QED) is 0.907. The largest absolute Gasteiger partial charge is 0.492 e. The van der Waals surface area contributed by atoms with Crippen LogP contribution in [0.1, 0.15) is 10.5 Å². The van der Waals surface area contributed by atoms with Gasteiger partial charge in [-0.05, 0) is 12.1 Å². The lowest BCUT2D eigenvalue weighted by atomic mass is 10.3. The number of hydrogen-bond acceptors (Lipinski definition) is 4. The standard InChI is InChI=1S/C11H9ClFN3O3/c12-8-2-1-7(5-9(8)13)19-4-3-16-6-10(11(17)18)14-15-16/h1-2,5-6H,3-4H2,(H,17,18). The van der Waals surface area contributed by atoms with Gasteiger partial charge in [-0.1, -0.05) is 16.8 Å². The Labute approximate surface area is 112 Å². The minimum Gasteiger partial charge on any atom is -0.492 e. The Hall–Kier alpha value is -2.15. The Bertz CT molecular complexity index is 603. The number of aromatic carboxylic acids is 1. The number of carboxylic acid groups (broad SMARTS) is 1. The van der Waals surface area contributed by atoms with Crippen LogP contribution in [0.25, 0.3) is 0 Å². The molecule has 0 aliphatic rings. The molecule has 1 aromatic carbocycles. The summed E-state index contributed by atoms with van der Waals surface area (Å²) in [5.74, 6) is -1.37. The Morgan fingerprint density at radius 2 is 2.32 bits per heavy atom. The van der Waals surface area contributed by atoms with Gasteiger partial charge in [0.1, 0.15) is 18.2 Å². The molecule has 0 amide bonds. The second-order valence-electron chi connectivity index (χ2n) is 3.60. The van der Waals surface area contributed by atoms with Crippen molar-refractivity contribution in [1.82, 2.24) is 15.0 Å². The first-order valence-corrected chi connectivity index (χ1v) is 5.65. The molecule has 1 aromatic heterocycles. The molecule has 100 valence electrons. The van der Waals surface area contributed by atoms with E-state index in [1.165, 1.54) is 29.1 Å². The third-order valence-corrected chi connectivity index (χ3v) is 2.54. The highest BCUT2D eigenvalue weighted by atomic mass is 35.5. The van der Waals surface area contributed by atoms with Crippen LogP contribution in [0.3, 0.4) is 0 Å². The van der Waals surface area contributed by atoms with E-state index in [1.807, 2.05) is 0 Å². The van der Waals surface area contributed by atoms with Gasteiger partial charge in [0.05, 0.1) is 17.8 Å². The smallest absolute Gasteiger partial charge is 0.358 e. The lowest BCUT2D eigenvalue weighted by molar-refractivity contribution is 0.0690. The molecule has 6 nitrogen and oxygen atoms in total. The molecule has 1 N–H and O–H groups in total. The molecule has 0 aliphatic heterocycles. The van der Waals surface area contributed by atoms with Crippen molar-refractivity contribution in [3.63, 3.8) is 0 Å². The molecule has 0 aliphatic carbocycles. The molecule has 0 fully saturated rings. The van der Waals surface area contributed by atoms with Crippen molar-refractivity contribution < 1.29 is 19.0 Å². The van der Waals surface area contributed by atoms with Gasteiger partial charge >= 0.3 is 5.97 Å². The summed E-state index contributed by atoms with van der Waals surface area (Å²) in [5, 5.41) is 15.7. The van der Waals surface area contributed by atoms with Gasteiger partial charge in [0.2, 0.25) is 0 Å². The number of benzene rings is 1. The molecule has 19 heavy (non-hydrogen) atoms. The third-order valence-electron chi connectivity index (χ3n) is 2.24. The minimum atomic E-state index is -1.15. The van der Waals surface area contributed by atoms with E-state index in [4.69, 9.17) is 21.4 Å². The van der Waals surface area contributed by atoms with E-state index < -0.39 is 11.8 Å². The summed E-state index contributed by atoms with van der Waals surface area (Å²) >= 11 is 5.53. The topological polar surface area (TPSA) is 77.2 Å². The number of carboxylic acids is 1. The second-order valence-corrected chi connectivity index (χ2v) is 4.00. The zero-order valence-corrected chi connectivity index (χ0v) is 10.3. The molecule has 0 saturated heterocycles. The SMILES string of the molecule is O=C(O)c1cn(CCOc2ccc(Cl)c(F)c2)nn1. The fourth-order valence-electron chi connectivity index (χ4n) is 1.33. The highest BCUT2D eigenvalue weighted by Gasteiger charge is 2.08. The number of hydrogen-bond donors (Lipinski definition) is 1. The molecule has 2 rings (SSSR count). The maximum absolute atomic E-state index is 13.1. The molecule has 0 saturated carbocycles. The van der Waals surface area contributed by atoms with Crippen LogP contribution in [0.2, 0.25) is 5.02 Å². The van der Waals surface area contributed by atoms with Crippen LogP contribution in [0.15, 0.2) is 24.4 Å². The Kier molecular flexibility index (Phi) is 3.96. The first-order chi connectivity index (χ1) is 9.06. The fraction of sp³-hybridized carbons (Fsp3) is 0.182. The van der Waals surface area contributed by atoms with E-state index in [0.717, 1.165) is 0 Å². The average molecular weight is 286 g/mol. The lowest BCUT2D eigenvalue weighted by Gasteiger charge is -2.06. The first-order valence-electron chi connectivity index (χ1n) is 5.27. The van der Waals surface area contributed by atoms with Gasteiger partial charge in [0, 0.05) is 6.07 Å². The maximum atomic E-state index is 13.1. The number of halogens is 2. The Morgan fingerprint density at radius 3 is 2.95 bits per heavy atom. The van der Waals surface area contributed by atoms with E-state index in [0.29, 0.717) is 12.3 Å². The summed E-state index contributed by atoms with van der Waals surface area (Å²) in [6.07, 6.45) is 1.29. The van der Waals surface area contributed by atoms with E-state index in [-0.39, 0.29) is 17.3 Å². The Balaban J connectivity index is 1.88. The predicted octanol–water partition coefficient (Wildman–Crippen LogP) is 1.85. The highest BCUT2D eigenvalue weighted by molar-refractivity contribution is 6.30. The van der Waals surface area contributed by atoms with E-state index in [2.05, 4.69) is 10.3 Å². The van der Waals surface area contributed by atoms with Gasteiger partial charge in [0.15, 0.2) is 5.69 Å². The summed E-state index contributed by atoms with van der Waals surface area (Å²) in [6, 6.07) is 4.10. The summed E-state index contributed by atoms with van der Waals surface area (Å²) < 4.78 is 19.7. The summed E-state index contributed by atoms with van der Waals surface area (Å²) in [5.41, 5.74) is -0.141. The van der Waals surface area contributed by atoms with Crippen LogP contribution in [-0.4, -0.2) is 32.7 Å². The number of nitrogens with zero attached hydrogens (tertiary/aromatic N) is 3. The fourth-order valence-corrected chi connectivity index (χ4v) is 1.45. The van der Waals surface area contributed by atoms with Crippen LogP contribution in [0, 0.1) is 5.82 Å². The van der Waals surface area contributed by atoms with Crippen LogP contribution >= 0.6 is 11.6 Å². The van der Waals surface area contributed by atoms with Crippen molar-refractivity contribution in [2.75, 3.05) is 6.61 Å². The van der Waals surface area contributed by atoms with Crippen molar-refractivity contribution in [3.8, 4) is 5.75 Å². The predicted molar refractivity (Wildman–Crippen MR) is 63.9 cm³/mol. The van der Waals surface area contributed by atoms with Gasteiger partial charge in [-0.3, -0.25) is 0 Å². The summed E-state index contributed by atoms with van der Waals surface area (Å²) in [4.78, 5) is 10.6. The zero-order chi connectivity index (χ0) is 13.8. The summed E-state index contributed by atoms with van der Waals surface area (Å²) in [6.45, 7) is 0.494. The van der Waals surface area contributed by atoms with Crippen LogP contribution in [0.5, 0.6) is 5.75 Å². The zero-order valence-electron chi connectivity index (χ0n) is 9.58. The normalized spacial score (nSPS) is 10.4.